The van der Waals surface area contributed by atoms with Crippen molar-refractivity contribution in [2.75, 3.05) is 0 Å². The molecule has 0 aliphatic heterocycles. The fraction of sp³-hybridized carbons (Fsp3) is 0.312. The number of hydrogen-bond donors (Lipinski definition) is 1. The predicted octanol–water partition coefficient (Wildman–Crippen LogP) is 3.31. The van der Waals surface area contributed by atoms with Crippen LogP contribution in [0.25, 0.3) is 0 Å². The fourth-order valence-electron chi connectivity index (χ4n) is 1.97. The Morgan fingerprint density at radius 1 is 1.11 bits per heavy atom. The van der Waals surface area contributed by atoms with E-state index >= 15 is 0 Å². The minimum absolute atomic E-state index is 0.183. The van der Waals surface area contributed by atoms with Crippen molar-refractivity contribution < 1.29 is 4.39 Å². The lowest BCUT2D eigenvalue weighted by Crippen LogP contribution is -2.22. The van der Waals surface area contributed by atoms with Crippen LogP contribution in [0.15, 0.2) is 42.7 Å². The number of pyridine rings is 1. The Kier molecular flexibility index (Phi) is 4.63. The number of rotatable bonds is 5. The van der Waals surface area contributed by atoms with Crippen LogP contribution in [-0.2, 0) is 13.0 Å². The first-order valence-electron chi connectivity index (χ1n) is 6.55. The SMILES string of the molecule is CC(C)NCc1ccc(F)cc1Cc1ccncc1. The van der Waals surface area contributed by atoms with E-state index in [1.54, 1.807) is 18.5 Å². The van der Waals surface area contributed by atoms with Crippen molar-refractivity contribution in [1.82, 2.24) is 10.3 Å². The first-order valence-corrected chi connectivity index (χ1v) is 6.55. The number of benzene rings is 1. The fourth-order valence-corrected chi connectivity index (χ4v) is 1.97. The first kappa shape index (κ1) is 13.7. The minimum Gasteiger partial charge on any atom is -0.310 e. The highest BCUT2D eigenvalue weighted by molar-refractivity contribution is 5.32. The van der Waals surface area contributed by atoms with E-state index in [2.05, 4.69) is 24.1 Å². The monoisotopic (exact) mass is 258 g/mol. The molecule has 0 saturated heterocycles. The van der Waals surface area contributed by atoms with Gasteiger partial charge in [0.2, 0.25) is 0 Å². The normalized spacial score (nSPS) is 10.9. The molecule has 2 rings (SSSR count). The average Bonchev–Trinajstić information content (AvgIpc) is 2.39. The molecule has 19 heavy (non-hydrogen) atoms. The second-order valence-electron chi connectivity index (χ2n) is 4.98. The molecule has 2 aromatic rings. The lowest BCUT2D eigenvalue weighted by atomic mass is 10.00. The van der Waals surface area contributed by atoms with Gasteiger partial charge in [0.1, 0.15) is 5.82 Å². The van der Waals surface area contributed by atoms with Crippen molar-refractivity contribution in [1.29, 1.82) is 0 Å². The molecule has 1 aromatic heterocycles. The number of hydrogen-bond acceptors (Lipinski definition) is 2. The summed E-state index contributed by atoms with van der Waals surface area (Å²) in [7, 11) is 0. The Balaban J connectivity index is 2.19. The van der Waals surface area contributed by atoms with Gasteiger partial charge < -0.3 is 5.32 Å². The maximum absolute atomic E-state index is 13.4. The molecule has 1 heterocycles. The van der Waals surface area contributed by atoms with Crippen LogP contribution < -0.4 is 5.32 Å². The van der Waals surface area contributed by atoms with E-state index in [0.717, 1.165) is 29.7 Å². The first-order chi connectivity index (χ1) is 9.15. The summed E-state index contributed by atoms with van der Waals surface area (Å²) in [5.41, 5.74) is 3.32. The van der Waals surface area contributed by atoms with Gasteiger partial charge in [-0.15, -0.1) is 0 Å². The molecule has 0 bridgehead atoms. The molecular weight excluding hydrogens is 239 g/mol. The van der Waals surface area contributed by atoms with Gasteiger partial charge in [0.25, 0.3) is 0 Å². The average molecular weight is 258 g/mol. The summed E-state index contributed by atoms with van der Waals surface area (Å²) in [6.07, 6.45) is 4.26. The molecular formula is C16H19FN2. The quantitative estimate of drug-likeness (QED) is 0.890. The molecule has 0 aliphatic rings. The molecule has 1 aromatic carbocycles. The maximum atomic E-state index is 13.4. The lowest BCUT2D eigenvalue weighted by molar-refractivity contribution is 0.583. The zero-order chi connectivity index (χ0) is 13.7. The van der Waals surface area contributed by atoms with Crippen molar-refractivity contribution in [2.24, 2.45) is 0 Å². The number of nitrogens with zero attached hydrogens (tertiary/aromatic N) is 1. The van der Waals surface area contributed by atoms with Gasteiger partial charge in [-0.25, -0.2) is 4.39 Å². The molecule has 0 saturated carbocycles. The largest absolute Gasteiger partial charge is 0.310 e. The highest BCUT2D eigenvalue weighted by atomic mass is 19.1. The number of halogens is 1. The van der Waals surface area contributed by atoms with Crippen molar-refractivity contribution in [3.63, 3.8) is 0 Å². The Morgan fingerprint density at radius 3 is 2.53 bits per heavy atom. The third-order valence-electron chi connectivity index (χ3n) is 3.01. The second kappa shape index (κ2) is 6.43. The van der Waals surface area contributed by atoms with Crippen molar-refractivity contribution >= 4 is 0 Å². The topological polar surface area (TPSA) is 24.9 Å². The highest BCUT2D eigenvalue weighted by Gasteiger charge is 2.06. The summed E-state index contributed by atoms with van der Waals surface area (Å²) in [6, 6.07) is 9.35. The Labute approximate surface area is 113 Å². The summed E-state index contributed by atoms with van der Waals surface area (Å²) in [5.74, 6) is -0.183. The summed E-state index contributed by atoms with van der Waals surface area (Å²) >= 11 is 0. The van der Waals surface area contributed by atoms with Gasteiger partial charge in [0.05, 0.1) is 0 Å². The van der Waals surface area contributed by atoms with Crippen molar-refractivity contribution in [2.45, 2.75) is 32.9 Å². The van der Waals surface area contributed by atoms with E-state index in [4.69, 9.17) is 0 Å². The minimum atomic E-state index is -0.183. The van der Waals surface area contributed by atoms with Crippen LogP contribution in [0.3, 0.4) is 0 Å². The Hall–Kier alpha value is -1.74. The van der Waals surface area contributed by atoms with E-state index in [0.29, 0.717) is 6.04 Å². The third kappa shape index (κ3) is 4.14. The van der Waals surface area contributed by atoms with E-state index in [1.807, 2.05) is 18.2 Å². The van der Waals surface area contributed by atoms with Crippen LogP contribution in [-0.4, -0.2) is 11.0 Å². The Morgan fingerprint density at radius 2 is 1.84 bits per heavy atom. The Bertz CT molecular complexity index is 524. The molecule has 0 radical (unpaired) electrons. The summed E-state index contributed by atoms with van der Waals surface area (Å²) in [6.45, 7) is 4.97. The zero-order valence-corrected chi connectivity index (χ0v) is 11.4. The van der Waals surface area contributed by atoms with Crippen LogP contribution in [0.4, 0.5) is 4.39 Å². The van der Waals surface area contributed by atoms with Gasteiger partial charge in [-0.05, 0) is 47.4 Å². The molecule has 0 aliphatic carbocycles. The standard InChI is InChI=1S/C16H19FN2/c1-12(2)19-11-14-3-4-16(17)10-15(14)9-13-5-7-18-8-6-13/h3-8,10,12,19H,9,11H2,1-2H3. The van der Waals surface area contributed by atoms with Crippen molar-refractivity contribution in [3.8, 4) is 0 Å². The van der Waals surface area contributed by atoms with Gasteiger partial charge >= 0.3 is 0 Å². The molecule has 0 fully saturated rings. The summed E-state index contributed by atoms with van der Waals surface area (Å²) in [5, 5.41) is 3.37. The molecule has 100 valence electrons. The van der Waals surface area contributed by atoms with Gasteiger partial charge in [-0.1, -0.05) is 19.9 Å². The van der Waals surface area contributed by atoms with Crippen molar-refractivity contribution in [3.05, 3.63) is 65.2 Å². The maximum Gasteiger partial charge on any atom is 0.123 e. The molecule has 0 spiro atoms. The lowest BCUT2D eigenvalue weighted by Gasteiger charge is -2.13. The number of aromatic nitrogens is 1. The van der Waals surface area contributed by atoms with Gasteiger partial charge in [0, 0.05) is 25.0 Å². The van der Waals surface area contributed by atoms with Gasteiger partial charge in [-0.3, -0.25) is 4.98 Å². The molecule has 0 amide bonds. The molecule has 3 heteroatoms. The molecule has 2 nitrogen and oxygen atoms in total. The van der Waals surface area contributed by atoms with E-state index < -0.39 is 0 Å². The summed E-state index contributed by atoms with van der Waals surface area (Å²) in [4.78, 5) is 4.00. The van der Waals surface area contributed by atoms with E-state index in [1.165, 1.54) is 6.07 Å². The van der Waals surface area contributed by atoms with Gasteiger partial charge in [0.15, 0.2) is 0 Å². The number of nitrogens with one attached hydrogen (secondary N) is 1. The molecule has 1 N–H and O–H groups in total. The predicted molar refractivity (Wildman–Crippen MR) is 75.4 cm³/mol. The van der Waals surface area contributed by atoms with Crippen LogP contribution in [0.1, 0.15) is 30.5 Å². The van der Waals surface area contributed by atoms with Crippen LogP contribution in [0.5, 0.6) is 0 Å². The van der Waals surface area contributed by atoms with Crippen LogP contribution >= 0.6 is 0 Å². The van der Waals surface area contributed by atoms with Crippen LogP contribution in [0.2, 0.25) is 0 Å². The van der Waals surface area contributed by atoms with Crippen LogP contribution in [0, 0.1) is 5.82 Å². The molecule has 0 unspecified atom stereocenters. The highest BCUT2D eigenvalue weighted by Crippen LogP contribution is 2.16. The van der Waals surface area contributed by atoms with Gasteiger partial charge in [-0.2, -0.15) is 0 Å². The second-order valence-corrected chi connectivity index (χ2v) is 4.98. The zero-order valence-electron chi connectivity index (χ0n) is 11.4. The van der Waals surface area contributed by atoms with E-state index in [9.17, 15) is 4.39 Å². The molecule has 0 atom stereocenters. The third-order valence-corrected chi connectivity index (χ3v) is 3.01. The summed E-state index contributed by atoms with van der Waals surface area (Å²) < 4.78 is 13.4. The smallest absolute Gasteiger partial charge is 0.123 e. The van der Waals surface area contributed by atoms with E-state index in [-0.39, 0.29) is 5.82 Å².